The van der Waals surface area contributed by atoms with Crippen molar-refractivity contribution in [3.05, 3.63) is 48.5 Å². The standard InChI is InChI=1S/C22H25N5O2.ClH/c1-29-21-19-8-7-18(15-20(19)27(24-21)17-5-3-2-4-6-17)26-14-13-25(22(26)28)16-9-11-23-12-10-16;/h2-8,15-16,23H,9-14H2,1H3;1H. The van der Waals surface area contributed by atoms with E-state index in [4.69, 9.17) is 4.74 Å². The Hall–Kier alpha value is -2.77. The predicted molar refractivity (Wildman–Crippen MR) is 120 cm³/mol. The van der Waals surface area contributed by atoms with E-state index in [1.165, 1.54) is 0 Å². The van der Waals surface area contributed by atoms with Crippen LogP contribution in [-0.4, -0.2) is 60.0 Å². The molecule has 0 saturated carbocycles. The molecule has 2 aromatic carbocycles. The number of aromatic nitrogens is 2. The Bertz CT molecular complexity index is 1030. The summed E-state index contributed by atoms with van der Waals surface area (Å²) in [5, 5.41) is 8.93. The maximum Gasteiger partial charge on any atom is 0.324 e. The minimum absolute atomic E-state index is 0. The fraction of sp³-hybridized carbons (Fsp3) is 0.364. The van der Waals surface area contributed by atoms with Gasteiger partial charge in [0.1, 0.15) is 0 Å². The third-order valence-electron chi connectivity index (χ3n) is 5.93. The number of rotatable bonds is 4. The van der Waals surface area contributed by atoms with Gasteiger partial charge in [0.25, 0.3) is 0 Å². The van der Waals surface area contributed by atoms with Gasteiger partial charge in [-0.2, -0.15) is 0 Å². The van der Waals surface area contributed by atoms with E-state index in [0.717, 1.165) is 54.8 Å². The molecule has 7 nitrogen and oxygen atoms in total. The number of carbonyl (C=O) groups excluding carboxylic acids is 1. The van der Waals surface area contributed by atoms with E-state index in [2.05, 4.69) is 10.4 Å². The maximum atomic E-state index is 13.1. The summed E-state index contributed by atoms with van der Waals surface area (Å²) in [6.45, 7) is 3.46. The molecule has 3 aromatic rings. The molecule has 1 N–H and O–H groups in total. The van der Waals surface area contributed by atoms with Gasteiger partial charge in [0.05, 0.1) is 23.7 Å². The van der Waals surface area contributed by atoms with Gasteiger partial charge < -0.3 is 15.0 Å². The van der Waals surface area contributed by atoms with E-state index in [9.17, 15) is 4.79 Å². The minimum atomic E-state index is 0. The topological polar surface area (TPSA) is 62.6 Å². The molecule has 2 aliphatic rings. The highest BCUT2D eigenvalue weighted by molar-refractivity contribution is 5.97. The van der Waals surface area contributed by atoms with Gasteiger partial charge in [-0.3, -0.25) is 4.90 Å². The van der Waals surface area contributed by atoms with E-state index in [0.29, 0.717) is 18.5 Å². The van der Waals surface area contributed by atoms with Crippen LogP contribution in [0, 0.1) is 0 Å². The largest absolute Gasteiger partial charge is 0.479 e. The third kappa shape index (κ3) is 3.48. The van der Waals surface area contributed by atoms with Gasteiger partial charge in [0.2, 0.25) is 5.88 Å². The van der Waals surface area contributed by atoms with Crippen LogP contribution < -0.4 is 15.0 Å². The number of carbonyl (C=O) groups is 1. The molecular weight excluding hydrogens is 402 g/mol. The Balaban J connectivity index is 0.00000218. The number of amides is 2. The molecule has 0 unspecified atom stereocenters. The summed E-state index contributed by atoms with van der Waals surface area (Å²) < 4.78 is 7.36. The van der Waals surface area contributed by atoms with Crippen LogP contribution in [0.2, 0.25) is 0 Å². The first-order valence-corrected chi connectivity index (χ1v) is 10.2. The Morgan fingerprint density at radius 1 is 1.03 bits per heavy atom. The smallest absolute Gasteiger partial charge is 0.324 e. The Morgan fingerprint density at radius 2 is 1.80 bits per heavy atom. The lowest BCUT2D eigenvalue weighted by molar-refractivity contribution is 0.185. The summed E-state index contributed by atoms with van der Waals surface area (Å²) in [7, 11) is 1.63. The van der Waals surface area contributed by atoms with Gasteiger partial charge in [-0.25, -0.2) is 9.48 Å². The number of halogens is 1. The number of urea groups is 1. The Morgan fingerprint density at radius 3 is 2.53 bits per heavy atom. The van der Waals surface area contributed by atoms with Gasteiger partial charge in [0.15, 0.2) is 0 Å². The van der Waals surface area contributed by atoms with E-state index < -0.39 is 0 Å². The average molecular weight is 428 g/mol. The van der Waals surface area contributed by atoms with Crippen LogP contribution in [0.3, 0.4) is 0 Å². The highest BCUT2D eigenvalue weighted by atomic mass is 35.5. The fourth-order valence-electron chi connectivity index (χ4n) is 4.41. The molecule has 0 atom stereocenters. The second kappa shape index (κ2) is 8.53. The van der Waals surface area contributed by atoms with Crippen molar-refractivity contribution in [2.75, 3.05) is 38.2 Å². The van der Waals surface area contributed by atoms with Crippen LogP contribution in [0.5, 0.6) is 5.88 Å². The molecule has 2 aliphatic heterocycles. The first kappa shape index (κ1) is 20.5. The summed E-state index contributed by atoms with van der Waals surface area (Å²) in [6.07, 6.45) is 2.05. The summed E-state index contributed by atoms with van der Waals surface area (Å²) >= 11 is 0. The normalized spacial score (nSPS) is 17.4. The first-order chi connectivity index (χ1) is 14.3. The van der Waals surface area contributed by atoms with Crippen molar-refractivity contribution in [1.29, 1.82) is 0 Å². The van der Waals surface area contributed by atoms with Gasteiger partial charge in [-0.15, -0.1) is 17.5 Å². The van der Waals surface area contributed by atoms with E-state index >= 15 is 0 Å². The lowest BCUT2D eigenvalue weighted by Gasteiger charge is -2.31. The SMILES string of the molecule is COc1nn(-c2ccccc2)c2cc(N3CCN(C4CCNCC4)C3=O)ccc12.Cl. The number of methoxy groups -OCH3 is 1. The zero-order valence-corrected chi connectivity index (χ0v) is 17.8. The zero-order valence-electron chi connectivity index (χ0n) is 17.0. The molecule has 8 heteroatoms. The second-order valence-corrected chi connectivity index (χ2v) is 7.57. The molecule has 3 heterocycles. The lowest BCUT2D eigenvalue weighted by atomic mass is 10.1. The minimum Gasteiger partial charge on any atom is -0.479 e. The van der Waals surface area contributed by atoms with Crippen molar-refractivity contribution in [1.82, 2.24) is 20.0 Å². The second-order valence-electron chi connectivity index (χ2n) is 7.57. The quantitative estimate of drug-likeness (QED) is 0.692. The van der Waals surface area contributed by atoms with Gasteiger partial charge in [-0.1, -0.05) is 18.2 Å². The van der Waals surface area contributed by atoms with Crippen molar-refractivity contribution in [2.45, 2.75) is 18.9 Å². The van der Waals surface area contributed by atoms with Crippen LogP contribution >= 0.6 is 12.4 Å². The Labute approximate surface area is 182 Å². The number of para-hydroxylation sites is 1. The van der Waals surface area contributed by atoms with Crippen LogP contribution in [0.25, 0.3) is 16.6 Å². The van der Waals surface area contributed by atoms with Crippen LogP contribution in [0.1, 0.15) is 12.8 Å². The number of benzene rings is 2. The Kier molecular flexibility index (Phi) is 5.83. The molecule has 158 valence electrons. The maximum absolute atomic E-state index is 13.1. The van der Waals surface area contributed by atoms with Crippen molar-refractivity contribution < 1.29 is 9.53 Å². The zero-order chi connectivity index (χ0) is 19.8. The molecule has 0 aliphatic carbocycles. The van der Waals surface area contributed by atoms with Gasteiger partial charge in [-0.05, 0) is 56.3 Å². The highest BCUT2D eigenvalue weighted by Crippen LogP contribution is 2.32. The molecule has 0 spiro atoms. The van der Waals surface area contributed by atoms with E-state index in [1.54, 1.807) is 7.11 Å². The number of piperidine rings is 1. The molecule has 2 amide bonds. The van der Waals surface area contributed by atoms with Crippen molar-refractivity contribution in [3.8, 4) is 11.6 Å². The number of anilines is 1. The molecule has 1 aromatic heterocycles. The number of fused-ring (bicyclic) bond motifs is 1. The van der Waals surface area contributed by atoms with E-state index in [1.807, 2.05) is 63.0 Å². The lowest BCUT2D eigenvalue weighted by Crippen LogP contribution is -2.45. The van der Waals surface area contributed by atoms with Crippen molar-refractivity contribution in [3.63, 3.8) is 0 Å². The summed E-state index contributed by atoms with van der Waals surface area (Å²) in [6, 6.07) is 16.5. The molecule has 0 radical (unpaired) electrons. The van der Waals surface area contributed by atoms with Crippen LogP contribution in [0.15, 0.2) is 48.5 Å². The average Bonchev–Trinajstić information content (AvgIpc) is 3.35. The van der Waals surface area contributed by atoms with Crippen molar-refractivity contribution >= 4 is 35.0 Å². The van der Waals surface area contributed by atoms with Gasteiger partial charge >= 0.3 is 6.03 Å². The number of nitrogens with zero attached hydrogens (tertiary/aromatic N) is 4. The molecule has 2 saturated heterocycles. The van der Waals surface area contributed by atoms with Gasteiger partial charge in [0, 0.05) is 24.8 Å². The summed E-state index contributed by atoms with van der Waals surface area (Å²) in [5.74, 6) is 0.583. The summed E-state index contributed by atoms with van der Waals surface area (Å²) in [4.78, 5) is 17.1. The fourth-order valence-corrected chi connectivity index (χ4v) is 4.41. The number of hydrogen-bond acceptors (Lipinski definition) is 4. The monoisotopic (exact) mass is 427 g/mol. The molecule has 2 fully saturated rings. The number of hydrogen-bond donors (Lipinski definition) is 1. The van der Waals surface area contributed by atoms with Crippen LogP contribution in [-0.2, 0) is 0 Å². The highest BCUT2D eigenvalue weighted by Gasteiger charge is 2.35. The first-order valence-electron chi connectivity index (χ1n) is 10.2. The molecule has 0 bridgehead atoms. The third-order valence-corrected chi connectivity index (χ3v) is 5.93. The summed E-state index contributed by atoms with van der Waals surface area (Å²) in [5.41, 5.74) is 2.79. The molecule has 30 heavy (non-hydrogen) atoms. The van der Waals surface area contributed by atoms with Crippen molar-refractivity contribution in [2.24, 2.45) is 0 Å². The molecule has 5 rings (SSSR count). The molecular formula is C22H26ClN5O2. The van der Waals surface area contributed by atoms with Crippen LogP contribution in [0.4, 0.5) is 10.5 Å². The number of ether oxygens (including phenoxy) is 1. The predicted octanol–water partition coefficient (Wildman–Crippen LogP) is 3.45. The number of nitrogens with one attached hydrogen (secondary N) is 1. The van der Waals surface area contributed by atoms with E-state index in [-0.39, 0.29) is 18.4 Å².